The minimum absolute atomic E-state index is 0. The number of nitrogens with zero attached hydrogens (tertiary/aromatic N) is 2. The molecule has 6 nitrogen and oxygen atoms in total. The summed E-state index contributed by atoms with van der Waals surface area (Å²) in [6.45, 7) is 4.84. The number of piperidine rings is 1. The number of halogens is 1. The topological polar surface area (TPSA) is 71.5 Å². The Balaban J connectivity index is 0.00000300. The molecule has 1 atom stereocenters. The largest absolute Gasteiger partial charge is 0.481 e. The fraction of sp³-hybridized carbons (Fsp3) is 0.476. The van der Waals surface area contributed by atoms with Gasteiger partial charge in [0.2, 0.25) is 15.9 Å². The molecule has 3 rings (SSSR count). The number of rotatable bonds is 7. The van der Waals surface area contributed by atoms with Crippen LogP contribution in [-0.2, 0) is 16.6 Å². The number of benzene rings is 1. The molecular formula is C21H30ClN3O3S. The predicted molar refractivity (Wildman–Crippen MR) is 118 cm³/mol. The van der Waals surface area contributed by atoms with Crippen molar-refractivity contribution in [2.45, 2.75) is 38.3 Å². The molecule has 0 aliphatic carbocycles. The van der Waals surface area contributed by atoms with Crippen LogP contribution in [0.15, 0.2) is 42.5 Å². The molecule has 1 N–H and O–H groups in total. The highest BCUT2D eigenvalue weighted by Gasteiger charge is 2.22. The van der Waals surface area contributed by atoms with Crippen LogP contribution in [0, 0.1) is 0 Å². The van der Waals surface area contributed by atoms with Crippen molar-refractivity contribution in [1.82, 2.24) is 14.6 Å². The summed E-state index contributed by atoms with van der Waals surface area (Å²) in [5.41, 5.74) is 3.33. The van der Waals surface area contributed by atoms with Crippen LogP contribution >= 0.6 is 12.4 Å². The Morgan fingerprint density at radius 1 is 1.17 bits per heavy atom. The molecule has 0 spiro atoms. The Hall–Kier alpha value is -1.67. The fourth-order valence-corrected chi connectivity index (χ4v) is 4.50. The van der Waals surface area contributed by atoms with E-state index in [0.29, 0.717) is 11.8 Å². The van der Waals surface area contributed by atoms with Crippen LogP contribution in [0.1, 0.15) is 48.5 Å². The van der Waals surface area contributed by atoms with Crippen molar-refractivity contribution in [3.8, 4) is 5.88 Å². The van der Waals surface area contributed by atoms with Gasteiger partial charge in [-0.3, -0.25) is 4.90 Å². The number of pyridine rings is 1. The van der Waals surface area contributed by atoms with Crippen LogP contribution < -0.4 is 9.46 Å². The van der Waals surface area contributed by atoms with Crippen molar-refractivity contribution >= 4 is 22.4 Å². The normalized spacial score (nSPS) is 16.8. The first-order chi connectivity index (χ1) is 13.3. The van der Waals surface area contributed by atoms with E-state index in [2.05, 4.69) is 32.8 Å². The molecule has 0 saturated carbocycles. The highest BCUT2D eigenvalue weighted by atomic mass is 35.5. The number of methoxy groups -OCH3 is 1. The zero-order valence-electron chi connectivity index (χ0n) is 17.2. The van der Waals surface area contributed by atoms with Gasteiger partial charge in [0, 0.05) is 30.3 Å². The van der Waals surface area contributed by atoms with Crippen LogP contribution in [-0.4, -0.2) is 44.8 Å². The minimum atomic E-state index is -3.21. The highest BCUT2D eigenvalue weighted by molar-refractivity contribution is 7.88. The van der Waals surface area contributed by atoms with E-state index >= 15 is 0 Å². The molecular weight excluding hydrogens is 410 g/mol. The van der Waals surface area contributed by atoms with E-state index in [4.69, 9.17) is 4.74 Å². The van der Waals surface area contributed by atoms with E-state index in [1.54, 1.807) is 7.11 Å². The van der Waals surface area contributed by atoms with Crippen molar-refractivity contribution in [3.63, 3.8) is 0 Å². The van der Waals surface area contributed by atoms with Gasteiger partial charge in [-0.2, -0.15) is 0 Å². The van der Waals surface area contributed by atoms with E-state index in [-0.39, 0.29) is 18.4 Å². The number of nitrogens with one attached hydrogen (secondary N) is 1. The number of sulfonamides is 1. The monoisotopic (exact) mass is 439 g/mol. The van der Waals surface area contributed by atoms with E-state index in [1.165, 1.54) is 11.8 Å². The van der Waals surface area contributed by atoms with Gasteiger partial charge in [-0.15, -0.1) is 12.4 Å². The van der Waals surface area contributed by atoms with E-state index in [9.17, 15) is 8.42 Å². The lowest BCUT2D eigenvalue weighted by Gasteiger charge is -2.31. The Kier molecular flexibility index (Phi) is 8.46. The van der Waals surface area contributed by atoms with Crippen molar-refractivity contribution in [1.29, 1.82) is 0 Å². The molecule has 1 aromatic carbocycles. The van der Waals surface area contributed by atoms with Crippen molar-refractivity contribution in [2.75, 3.05) is 26.5 Å². The molecule has 2 aromatic rings. The lowest BCUT2D eigenvalue weighted by molar-refractivity contribution is 0.203. The summed E-state index contributed by atoms with van der Waals surface area (Å²) in [6, 6.07) is 13.9. The quantitative estimate of drug-likeness (QED) is 0.714. The molecule has 0 amide bonds. The SMILES string of the molecule is COc1cccc(C2CCN(Cc3ccc([C@@H](C)NS(C)(=O)=O)cc3)CC2)n1.Cl. The van der Waals surface area contributed by atoms with Gasteiger partial charge < -0.3 is 4.74 Å². The number of ether oxygens (including phenoxy) is 1. The molecule has 0 unspecified atom stereocenters. The maximum Gasteiger partial charge on any atom is 0.213 e. The number of hydrogen-bond donors (Lipinski definition) is 1. The molecule has 1 fully saturated rings. The van der Waals surface area contributed by atoms with Crippen molar-refractivity contribution < 1.29 is 13.2 Å². The summed E-state index contributed by atoms with van der Waals surface area (Å²) >= 11 is 0. The summed E-state index contributed by atoms with van der Waals surface area (Å²) < 4.78 is 30.6. The van der Waals surface area contributed by atoms with E-state index in [0.717, 1.165) is 43.7 Å². The molecule has 1 aliphatic heterocycles. The molecule has 0 radical (unpaired) electrons. The number of likely N-dealkylation sites (tertiary alicyclic amines) is 1. The number of hydrogen-bond acceptors (Lipinski definition) is 5. The molecule has 1 aromatic heterocycles. The maximum absolute atomic E-state index is 11.4. The van der Waals surface area contributed by atoms with Gasteiger partial charge in [0.1, 0.15) is 0 Å². The first-order valence-electron chi connectivity index (χ1n) is 9.63. The third-order valence-corrected chi connectivity index (χ3v) is 6.02. The average Bonchev–Trinajstić information content (AvgIpc) is 2.68. The minimum Gasteiger partial charge on any atom is -0.481 e. The molecule has 29 heavy (non-hydrogen) atoms. The van der Waals surface area contributed by atoms with Crippen LogP contribution in [0.2, 0.25) is 0 Å². The van der Waals surface area contributed by atoms with Crippen LogP contribution in [0.25, 0.3) is 0 Å². The highest BCUT2D eigenvalue weighted by Crippen LogP contribution is 2.28. The smallest absolute Gasteiger partial charge is 0.213 e. The zero-order chi connectivity index (χ0) is 20.1. The summed E-state index contributed by atoms with van der Waals surface area (Å²) in [4.78, 5) is 7.05. The van der Waals surface area contributed by atoms with E-state index in [1.807, 2.05) is 31.2 Å². The van der Waals surface area contributed by atoms with Gasteiger partial charge in [-0.05, 0) is 50.0 Å². The van der Waals surface area contributed by atoms with Crippen LogP contribution in [0.3, 0.4) is 0 Å². The Labute approximate surface area is 180 Å². The molecule has 0 bridgehead atoms. The standard InChI is InChI=1S/C21H29N3O3S.ClH/c1-16(23-28(3,25)26)18-9-7-17(8-10-18)15-24-13-11-19(12-14-24)20-5-4-6-21(22-20)27-2;/h4-10,16,19,23H,11-15H2,1-3H3;1H/t16-;/m1./s1. The summed E-state index contributed by atoms with van der Waals surface area (Å²) in [5, 5.41) is 0. The Morgan fingerprint density at radius 2 is 1.83 bits per heavy atom. The summed E-state index contributed by atoms with van der Waals surface area (Å²) in [5.74, 6) is 1.16. The second-order valence-electron chi connectivity index (χ2n) is 7.51. The third-order valence-electron chi connectivity index (χ3n) is 5.24. The molecule has 1 aliphatic rings. The van der Waals surface area contributed by atoms with Gasteiger partial charge in [0.05, 0.1) is 13.4 Å². The van der Waals surface area contributed by atoms with Gasteiger partial charge in [-0.25, -0.2) is 18.1 Å². The van der Waals surface area contributed by atoms with E-state index < -0.39 is 10.0 Å². The molecule has 160 valence electrons. The first-order valence-corrected chi connectivity index (χ1v) is 11.5. The average molecular weight is 440 g/mol. The van der Waals surface area contributed by atoms with Gasteiger partial charge in [0.25, 0.3) is 0 Å². The molecule has 2 heterocycles. The lowest BCUT2D eigenvalue weighted by Crippen LogP contribution is -2.32. The predicted octanol–water partition coefficient (Wildman–Crippen LogP) is 3.50. The molecule has 1 saturated heterocycles. The first kappa shape index (κ1) is 23.6. The second kappa shape index (κ2) is 10.4. The fourth-order valence-electron chi connectivity index (χ4n) is 3.72. The van der Waals surface area contributed by atoms with Gasteiger partial charge >= 0.3 is 0 Å². The van der Waals surface area contributed by atoms with Crippen molar-refractivity contribution in [2.24, 2.45) is 0 Å². The van der Waals surface area contributed by atoms with Gasteiger partial charge in [0.15, 0.2) is 0 Å². The summed E-state index contributed by atoms with van der Waals surface area (Å²) in [6.07, 6.45) is 3.36. The number of aromatic nitrogens is 1. The zero-order valence-corrected chi connectivity index (χ0v) is 18.8. The second-order valence-corrected chi connectivity index (χ2v) is 9.29. The van der Waals surface area contributed by atoms with Crippen molar-refractivity contribution in [3.05, 3.63) is 59.3 Å². The summed E-state index contributed by atoms with van der Waals surface area (Å²) in [7, 11) is -1.56. The van der Waals surface area contributed by atoms with Crippen LogP contribution in [0.4, 0.5) is 0 Å². The third kappa shape index (κ3) is 6.96. The Bertz CT molecular complexity index is 882. The maximum atomic E-state index is 11.4. The van der Waals surface area contributed by atoms with Crippen LogP contribution in [0.5, 0.6) is 5.88 Å². The lowest BCUT2D eigenvalue weighted by atomic mass is 9.92. The van der Waals surface area contributed by atoms with Gasteiger partial charge in [-0.1, -0.05) is 30.3 Å². The molecule has 8 heteroatoms. The Morgan fingerprint density at radius 3 is 2.41 bits per heavy atom.